The van der Waals surface area contributed by atoms with Crippen LogP contribution < -0.4 is 5.32 Å². The molecule has 4 rings (SSSR count). The molecular formula is C25H34N4O. The summed E-state index contributed by atoms with van der Waals surface area (Å²) in [6.45, 7) is 12.5. The Hall–Kier alpha value is -2.37. The number of carbonyl (C=O) groups is 1. The zero-order valence-corrected chi connectivity index (χ0v) is 18.4. The van der Waals surface area contributed by atoms with E-state index in [2.05, 4.69) is 47.2 Å². The van der Waals surface area contributed by atoms with Crippen LogP contribution >= 0.6 is 0 Å². The maximum absolute atomic E-state index is 13.3. The third-order valence-electron chi connectivity index (χ3n) is 6.62. The first kappa shape index (κ1) is 20.9. The fourth-order valence-corrected chi connectivity index (χ4v) is 4.44. The van der Waals surface area contributed by atoms with Gasteiger partial charge in [-0.2, -0.15) is 0 Å². The Kier molecular flexibility index (Phi) is 6.70. The van der Waals surface area contributed by atoms with Gasteiger partial charge in [-0.05, 0) is 69.1 Å². The molecule has 5 heteroatoms. The second-order valence-corrected chi connectivity index (χ2v) is 8.60. The van der Waals surface area contributed by atoms with Crippen LogP contribution in [0.5, 0.6) is 0 Å². The number of nitrogens with zero attached hydrogens (tertiary/aromatic N) is 3. The van der Waals surface area contributed by atoms with E-state index in [0.717, 1.165) is 56.2 Å². The number of carbonyl (C=O) groups excluding carboxylic acids is 1. The monoisotopic (exact) mass is 406 g/mol. The van der Waals surface area contributed by atoms with Crippen molar-refractivity contribution in [3.8, 4) is 0 Å². The number of amides is 1. The van der Waals surface area contributed by atoms with E-state index in [-0.39, 0.29) is 5.91 Å². The van der Waals surface area contributed by atoms with E-state index in [9.17, 15) is 4.79 Å². The Bertz CT molecular complexity index is 867. The summed E-state index contributed by atoms with van der Waals surface area (Å²) < 4.78 is 0. The highest BCUT2D eigenvalue weighted by Crippen LogP contribution is 2.26. The highest BCUT2D eigenvalue weighted by atomic mass is 16.2. The number of rotatable bonds is 6. The molecular weight excluding hydrogens is 372 g/mol. The summed E-state index contributed by atoms with van der Waals surface area (Å²) in [6.07, 6.45) is 2.69. The minimum absolute atomic E-state index is 0.127. The van der Waals surface area contributed by atoms with Crippen LogP contribution in [0, 0.1) is 13.8 Å². The zero-order chi connectivity index (χ0) is 20.9. The average Bonchev–Trinajstić information content (AvgIpc) is 3.29. The van der Waals surface area contributed by atoms with Crippen LogP contribution in [0.3, 0.4) is 0 Å². The molecule has 2 aromatic rings. The van der Waals surface area contributed by atoms with Gasteiger partial charge in [-0.1, -0.05) is 24.3 Å². The van der Waals surface area contributed by atoms with Gasteiger partial charge in [0.1, 0.15) is 0 Å². The molecule has 160 valence electrons. The van der Waals surface area contributed by atoms with Gasteiger partial charge in [-0.25, -0.2) is 0 Å². The van der Waals surface area contributed by atoms with E-state index < -0.39 is 0 Å². The van der Waals surface area contributed by atoms with Gasteiger partial charge in [-0.3, -0.25) is 9.69 Å². The van der Waals surface area contributed by atoms with Gasteiger partial charge in [0.25, 0.3) is 5.91 Å². The van der Waals surface area contributed by atoms with Crippen molar-refractivity contribution in [2.24, 2.45) is 0 Å². The largest absolute Gasteiger partial charge is 0.355 e. The average molecular weight is 407 g/mol. The minimum Gasteiger partial charge on any atom is -0.355 e. The maximum atomic E-state index is 13.3. The van der Waals surface area contributed by atoms with Crippen molar-refractivity contribution in [3.63, 3.8) is 0 Å². The molecule has 1 amide bonds. The summed E-state index contributed by atoms with van der Waals surface area (Å²) in [5.74, 6) is 0.127. The molecule has 0 aliphatic carbocycles. The van der Waals surface area contributed by atoms with Crippen LogP contribution in [0.15, 0.2) is 42.5 Å². The fraction of sp³-hybridized carbons (Fsp3) is 0.480. The van der Waals surface area contributed by atoms with Crippen LogP contribution in [0.2, 0.25) is 0 Å². The van der Waals surface area contributed by atoms with E-state index in [0.29, 0.717) is 0 Å². The fourth-order valence-electron chi connectivity index (χ4n) is 4.44. The second kappa shape index (κ2) is 9.63. The van der Waals surface area contributed by atoms with Crippen molar-refractivity contribution in [1.29, 1.82) is 0 Å². The van der Waals surface area contributed by atoms with Crippen molar-refractivity contribution >= 4 is 17.3 Å². The molecule has 1 N–H and O–H groups in total. The Morgan fingerprint density at radius 2 is 1.43 bits per heavy atom. The van der Waals surface area contributed by atoms with E-state index in [4.69, 9.17) is 0 Å². The molecule has 0 radical (unpaired) electrons. The van der Waals surface area contributed by atoms with Gasteiger partial charge >= 0.3 is 0 Å². The third kappa shape index (κ3) is 4.85. The van der Waals surface area contributed by atoms with Crippen molar-refractivity contribution in [3.05, 3.63) is 59.2 Å². The van der Waals surface area contributed by atoms with Gasteiger partial charge < -0.3 is 15.1 Å². The second-order valence-electron chi connectivity index (χ2n) is 8.60. The lowest BCUT2D eigenvalue weighted by Gasteiger charge is -2.35. The normalized spacial score (nSPS) is 18.0. The lowest BCUT2D eigenvalue weighted by molar-refractivity contribution is 0.0627. The summed E-state index contributed by atoms with van der Waals surface area (Å²) >= 11 is 0. The van der Waals surface area contributed by atoms with Crippen molar-refractivity contribution in [2.45, 2.75) is 26.7 Å². The van der Waals surface area contributed by atoms with E-state index in [1.807, 2.05) is 29.2 Å². The summed E-state index contributed by atoms with van der Waals surface area (Å²) in [5.41, 5.74) is 5.15. The molecule has 0 atom stereocenters. The number of nitrogens with one attached hydrogen (secondary N) is 1. The number of likely N-dealkylation sites (tertiary alicyclic amines) is 1. The van der Waals surface area contributed by atoms with Gasteiger partial charge in [0.05, 0.1) is 11.3 Å². The molecule has 2 saturated heterocycles. The number of hydrogen-bond donors (Lipinski definition) is 1. The molecule has 0 aromatic heterocycles. The predicted molar refractivity (Wildman–Crippen MR) is 124 cm³/mol. The zero-order valence-electron chi connectivity index (χ0n) is 18.4. The number of hydrogen-bond acceptors (Lipinski definition) is 4. The molecule has 30 heavy (non-hydrogen) atoms. The lowest BCUT2D eigenvalue weighted by Crippen LogP contribution is -2.50. The molecule has 0 saturated carbocycles. The van der Waals surface area contributed by atoms with Crippen LogP contribution in [0.4, 0.5) is 11.4 Å². The van der Waals surface area contributed by atoms with Gasteiger partial charge in [0.15, 0.2) is 0 Å². The molecule has 2 fully saturated rings. The number of aryl methyl sites for hydroxylation is 1. The number of anilines is 2. The first-order valence-corrected chi connectivity index (χ1v) is 11.3. The smallest absolute Gasteiger partial charge is 0.256 e. The summed E-state index contributed by atoms with van der Waals surface area (Å²) in [6, 6.07) is 14.1. The van der Waals surface area contributed by atoms with Gasteiger partial charge in [-0.15, -0.1) is 0 Å². The highest BCUT2D eigenvalue weighted by Gasteiger charge is 2.24. The minimum atomic E-state index is 0.127. The van der Waals surface area contributed by atoms with Crippen LogP contribution in [-0.2, 0) is 0 Å². The molecule has 5 nitrogen and oxygen atoms in total. The Labute approximate surface area is 180 Å². The summed E-state index contributed by atoms with van der Waals surface area (Å²) in [7, 11) is 0. The molecule has 2 heterocycles. The number of piperazine rings is 1. The first-order chi connectivity index (χ1) is 14.6. The van der Waals surface area contributed by atoms with Crippen LogP contribution in [-0.4, -0.2) is 73.0 Å². The third-order valence-corrected chi connectivity index (χ3v) is 6.62. The maximum Gasteiger partial charge on any atom is 0.256 e. The first-order valence-electron chi connectivity index (χ1n) is 11.3. The molecule has 0 unspecified atom stereocenters. The highest BCUT2D eigenvalue weighted by molar-refractivity contribution is 6.00. The Morgan fingerprint density at radius 3 is 2.17 bits per heavy atom. The Balaban J connectivity index is 1.37. The van der Waals surface area contributed by atoms with Crippen molar-refractivity contribution in [1.82, 2.24) is 14.7 Å². The number of para-hydroxylation sites is 1. The SMILES string of the molecule is Cc1cccc(Nc2ccccc2C(=O)N2CCN(CCN3CCCC3)CC2)c1C. The van der Waals surface area contributed by atoms with Crippen LogP contribution in [0.1, 0.15) is 34.3 Å². The van der Waals surface area contributed by atoms with Gasteiger partial charge in [0, 0.05) is 45.0 Å². The van der Waals surface area contributed by atoms with E-state index >= 15 is 0 Å². The molecule has 2 aromatic carbocycles. The number of benzene rings is 2. The van der Waals surface area contributed by atoms with Crippen molar-refractivity contribution < 1.29 is 4.79 Å². The Morgan fingerprint density at radius 1 is 0.800 bits per heavy atom. The standard InChI is InChI=1S/C25H34N4O/c1-20-8-7-11-23(21(20)2)26-24-10-4-3-9-22(24)25(30)29-18-16-28(17-19-29)15-14-27-12-5-6-13-27/h3-4,7-11,26H,5-6,12-19H2,1-2H3. The lowest BCUT2D eigenvalue weighted by atomic mass is 10.1. The molecule has 0 bridgehead atoms. The quantitative estimate of drug-likeness (QED) is 0.790. The molecule has 2 aliphatic heterocycles. The predicted octanol–water partition coefficient (Wildman–Crippen LogP) is 3.90. The van der Waals surface area contributed by atoms with Gasteiger partial charge in [0.2, 0.25) is 0 Å². The van der Waals surface area contributed by atoms with E-state index in [1.165, 1.54) is 37.1 Å². The molecule has 0 spiro atoms. The molecule has 2 aliphatic rings. The topological polar surface area (TPSA) is 38.8 Å². The van der Waals surface area contributed by atoms with E-state index in [1.54, 1.807) is 0 Å². The van der Waals surface area contributed by atoms with Crippen LogP contribution in [0.25, 0.3) is 0 Å². The summed E-state index contributed by atoms with van der Waals surface area (Å²) in [4.78, 5) is 20.4. The van der Waals surface area contributed by atoms with Crippen molar-refractivity contribution in [2.75, 3.05) is 57.7 Å². The summed E-state index contributed by atoms with van der Waals surface area (Å²) in [5, 5.41) is 3.50.